The number of aromatic amines is 1. The highest BCUT2D eigenvalue weighted by Gasteiger charge is 2.14. The molecule has 2 heterocycles. The van der Waals surface area contributed by atoms with E-state index >= 15 is 0 Å². The summed E-state index contributed by atoms with van der Waals surface area (Å²) in [6.07, 6.45) is 9.26. The monoisotopic (exact) mass is 444 g/mol. The van der Waals surface area contributed by atoms with E-state index in [1.54, 1.807) is 25.3 Å². The molecule has 4 N–H and O–H groups in total. The van der Waals surface area contributed by atoms with Crippen LogP contribution in [0.2, 0.25) is 0 Å². The number of hydrogen-bond donors (Lipinski definition) is 3. The Labute approximate surface area is 186 Å². The predicted octanol–water partition coefficient (Wildman–Crippen LogP) is 4.95. The highest BCUT2D eigenvalue weighted by atomic mass is 19.1. The van der Waals surface area contributed by atoms with E-state index in [1.807, 2.05) is 0 Å². The van der Waals surface area contributed by atoms with Crippen LogP contribution < -0.4 is 11.1 Å². The molecule has 1 saturated carbocycles. The van der Waals surface area contributed by atoms with Gasteiger partial charge in [0.15, 0.2) is 0 Å². The molecule has 1 aromatic carbocycles. The van der Waals surface area contributed by atoms with Gasteiger partial charge in [0, 0.05) is 36.8 Å². The topological polar surface area (TPSA) is 101 Å². The van der Waals surface area contributed by atoms with Crippen LogP contribution in [0.1, 0.15) is 56.3 Å². The Bertz CT molecular complexity index is 1060. The normalized spacial score (nSPS) is 13.0. The van der Waals surface area contributed by atoms with Crippen LogP contribution in [0, 0.1) is 17.6 Å². The highest BCUT2D eigenvalue weighted by molar-refractivity contribution is 5.94. The number of pyridine rings is 1. The van der Waals surface area contributed by atoms with Gasteiger partial charge in [0.25, 0.3) is 5.91 Å². The van der Waals surface area contributed by atoms with Crippen LogP contribution in [0.4, 0.5) is 8.78 Å². The molecule has 0 spiro atoms. The highest BCUT2D eigenvalue weighted by Crippen LogP contribution is 2.27. The van der Waals surface area contributed by atoms with E-state index in [9.17, 15) is 18.4 Å². The number of nitrogens with one attached hydrogen (secondary N) is 2. The summed E-state index contributed by atoms with van der Waals surface area (Å²) in [4.78, 5) is 27.7. The molecule has 3 aromatic rings. The molecular weight excluding hydrogens is 414 g/mol. The number of halogens is 2. The zero-order chi connectivity index (χ0) is 23.7. The van der Waals surface area contributed by atoms with E-state index in [0.29, 0.717) is 22.9 Å². The van der Waals surface area contributed by atoms with Gasteiger partial charge in [0.2, 0.25) is 5.91 Å². The molecule has 32 heavy (non-hydrogen) atoms. The van der Waals surface area contributed by atoms with Crippen molar-refractivity contribution >= 4 is 22.7 Å². The van der Waals surface area contributed by atoms with Crippen molar-refractivity contribution in [3.05, 3.63) is 53.9 Å². The van der Waals surface area contributed by atoms with E-state index in [0.717, 1.165) is 12.0 Å². The fourth-order valence-electron chi connectivity index (χ4n) is 3.31. The number of nitrogens with two attached hydrogens (primary N) is 1. The number of nitrogens with zero attached hydrogens (tertiary/aromatic N) is 1. The van der Waals surface area contributed by atoms with Crippen LogP contribution in [0.15, 0.2) is 36.7 Å². The van der Waals surface area contributed by atoms with Gasteiger partial charge in [-0.2, -0.15) is 0 Å². The van der Waals surface area contributed by atoms with Crippen molar-refractivity contribution in [2.24, 2.45) is 11.7 Å². The van der Waals surface area contributed by atoms with Crippen LogP contribution >= 0.6 is 0 Å². The van der Waals surface area contributed by atoms with Gasteiger partial charge in [-0.1, -0.05) is 39.5 Å². The number of benzene rings is 1. The molecule has 0 bridgehead atoms. The Morgan fingerprint density at radius 1 is 1.19 bits per heavy atom. The maximum absolute atomic E-state index is 14.1. The second-order valence-electron chi connectivity index (χ2n) is 7.74. The number of hydrogen-bond acceptors (Lipinski definition) is 3. The Morgan fingerprint density at radius 2 is 1.84 bits per heavy atom. The molecule has 172 valence electrons. The van der Waals surface area contributed by atoms with E-state index < -0.39 is 17.5 Å². The van der Waals surface area contributed by atoms with E-state index in [1.165, 1.54) is 45.0 Å². The summed E-state index contributed by atoms with van der Waals surface area (Å²) in [5.41, 5.74) is 5.45. The summed E-state index contributed by atoms with van der Waals surface area (Å²) in [7, 11) is 1.45. The second-order valence-corrected chi connectivity index (χ2v) is 7.74. The Balaban J connectivity index is 0.000000272. The maximum Gasteiger partial charge on any atom is 0.252 e. The van der Waals surface area contributed by atoms with Gasteiger partial charge in [-0.15, -0.1) is 0 Å². The van der Waals surface area contributed by atoms with Gasteiger partial charge in [-0.05, 0) is 30.2 Å². The molecule has 1 fully saturated rings. The summed E-state index contributed by atoms with van der Waals surface area (Å²) in [5.74, 6) is -0.787. The Hall–Kier alpha value is -3.29. The van der Waals surface area contributed by atoms with Gasteiger partial charge in [0.1, 0.15) is 17.3 Å². The van der Waals surface area contributed by atoms with Crippen molar-refractivity contribution in [2.75, 3.05) is 7.05 Å². The second kappa shape index (κ2) is 11.9. The lowest BCUT2D eigenvalue weighted by molar-refractivity contribution is -0.117. The first kappa shape index (κ1) is 25.0. The fourth-order valence-corrected chi connectivity index (χ4v) is 3.31. The first-order chi connectivity index (χ1) is 15.3. The summed E-state index contributed by atoms with van der Waals surface area (Å²) < 4.78 is 28.0. The summed E-state index contributed by atoms with van der Waals surface area (Å²) in [5, 5.41) is 3.01. The zero-order valence-corrected chi connectivity index (χ0v) is 18.7. The summed E-state index contributed by atoms with van der Waals surface area (Å²) in [6.45, 7) is 4.06. The molecule has 0 saturated heterocycles. The molecule has 0 atom stereocenters. The van der Waals surface area contributed by atoms with E-state index in [-0.39, 0.29) is 17.2 Å². The smallest absolute Gasteiger partial charge is 0.252 e. The van der Waals surface area contributed by atoms with Crippen molar-refractivity contribution in [2.45, 2.75) is 46.0 Å². The largest absolute Gasteiger partial charge is 0.370 e. The average Bonchev–Trinajstić information content (AvgIpc) is 3.45. The number of rotatable bonds is 3. The lowest BCUT2D eigenvalue weighted by atomic mass is 10.1. The number of carbonyl (C=O) groups excluding carboxylic acids is 2. The fraction of sp³-hybridized carbons (Fsp3) is 0.375. The molecule has 4 rings (SSSR count). The third kappa shape index (κ3) is 6.87. The molecule has 8 heteroatoms. The third-order valence-corrected chi connectivity index (χ3v) is 5.21. The first-order valence-corrected chi connectivity index (χ1v) is 10.7. The lowest BCUT2D eigenvalue weighted by Crippen LogP contribution is -2.18. The average molecular weight is 445 g/mol. The minimum atomic E-state index is -0.676. The predicted molar refractivity (Wildman–Crippen MR) is 122 cm³/mol. The molecule has 1 aliphatic carbocycles. The van der Waals surface area contributed by atoms with Crippen LogP contribution in [0.3, 0.4) is 0 Å². The van der Waals surface area contributed by atoms with Gasteiger partial charge in [-0.25, -0.2) is 8.78 Å². The van der Waals surface area contributed by atoms with Gasteiger partial charge >= 0.3 is 0 Å². The summed E-state index contributed by atoms with van der Waals surface area (Å²) >= 11 is 0. The maximum atomic E-state index is 14.1. The van der Waals surface area contributed by atoms with Crippen molar-refractivity contribution in [3.8, 4) is 11.3 Å². The summed E-state index contributed by atoms with van der Waals surface area (Å²) in [6, 6.07) is 5.63. The standard InChI is InChI=1S/C15H11F2N3O.C6H12.C3H7NO/c1-18-15(21)10-6-12(17)14(20-7-10)9-4-8-2-3-19-13(8)11(16)5-9;1-6-4-2-3-5-6;1-2-3(4)5/h2-7,19H,1H3,(H,18,21);6H,2-5H2,1H3;2H2,1H3,(H2,4,5). The van der Waals surface area contributed by atoms with Gasteiger partial charge in [0.05, 0.1) is 11.1 Å². The number of primary amides is 1. The van der Waals surface area contributed by atoms with E-state index in [4.69, 9.17) is 0 Å². The molecule has 6 nitrogen and oxygen atoms in total. The van der Waals surface area contributed by atoms with Crippen LogP contribution in [-0.2, 0) is 4.79 Å². The Kier molecular flexibility index (Phi) is 9.31. The number of amides is 2. The van der Waals surface area contributed by atoms with Crippen molar-refractivity contribution in [1.29, 1.82) is 0 Å². The minimum absolute atomic E-state index is 0.00431. The molecule has 1 aliphatic rings. The third-order valence-electron chi connectivity index (χ3n) is 5.21. The molecule has 0 aliphatic heterocycles. The molecule has 0 unspecified atom stereocenters. The lowest BCUT2D eigenvalue weighted by Gasteiger charge is -2.06. The molecule has 2 aromatic heterocycles. The first-order valence-electron chi connectivity index (χ1n) is 10.7. The van der Waals surface area contributed by atoms with Gasteiger partial charge in [-0.3, -0.25) is 14.6 Å². The van der Waals surface area contributed by atoms with Crippen molar-refractivity contribution < 1.29 is 18.4 Å². The SMILES string of the molecule is CC1CCCC1.CCC(N)=O.CNC(=O)c1cnc(-c2cc(F)c3[nH]ccc3c2)c(F)c1. The quantitative estimate of drug-likeness (QED) is 0.533. The number of carbonyl (C=O) groups is 2. The van der Waals surface area contributed by atoms with Crippen LogP contribution in [0.5, 0.6) is 0 Å². The van der Waals surface area contributed by atoms with Crippen LogP contribution in [-0.4, -0.2) is 28.8 Å². The number of fused-ring (bicyclic) bond motifs is 1. The molecule has 2 amide bonds. The van der Waals surface area contributed by atoms with E-state index in [2.05, 4.69) is 27.9 Å². The van der Waals surface area contributed by atoms with Crippen molar-refractivity contribution in [1.82, 2.24) is 15.3 Å². The Morgan fingerprint density at radius 3 is 2.34 bits per heavy atom. The van der Waals surface area contributed by atoms with Crippen molar-refractivity contribution in [3.63, 3.8) is 0 Å². The molecule has 0 radical (unpaired) electrons. The number of H-pyrrole nitrogens is 1. The minimum Gasteiger partial charge on any atom is -0.370 e. The molecular formula is C24H30F2N4O2. The number of aromatic nitrogens is 2. The van der Waals surface area contributed by atoms with Crippen LogP contribution in [0.25, 0.3) is 22.2 Å². The zero-order valence-electron chi connectivity index (χ0n) is 18.7. The van der Waals surface area contributed by atoms with Gasteiger partial charge < -0.3 is 16.0 Å².